The van der Waals surface area contributed by atoms with Crippen molar-refractivity contribution in [3.05, 3.63) is 101 Å². The zero-order chi connectivity index (χ0) is 25.6. The summed E-state index contributed by atoms with van der Waals surface area (Å²) >= 11 is 0. The van der Waals surface area contributed by atoms with Gasteiger partial charge in [0.05, 0.1) is 24.8 Å². The third kappa shape index (κ3) is 5.90. The minimum Gasteiger partial charge on any atom is -0.379 e. The van der Waals surface area contributed by atoms with Gasteiger partial charge < -0.3 is 20.7 Å². The Kier molecular flexibility index (Phi) is 7.63. The Morgan fingerprint density at radius 3 is 2.65 bits per heavy atom. The van der Waals surface area contributed by atoms with Crippen molar-refractivity contribution >= 4 is 28.8 Å². The number of nitrogens with one attached hydrogen (secondary N) is 3. The third-order valence-corrected chi connectivity index (χ3v) is 6.80. The highest BCUT2D eigenvalue weighted by molar-refractivity contribution is 6.32. The van der Waals surface area contributed by atoms with Gasteiger partial charge in [-0.2, -0.15) is 0 Å². The summed E-state index contributed by atoms with van der Waals surface area (Å²) in [4.78, 5) is 28.2. The van der Waals surface area contributed by atoms with Gasteiger partial charge in [0.15, 0.2) is 0 Å². The molecule has 1 saturated heterocycles. The van der Waals surface area contributed by atoms with Gasteiger partial charge in [-0.3, -0.25) is 14.5 Å². The molecule has 3 N–H and O–H groups in total. The summed E-state index contributed by atoms with van der Waals surface area (Å²) in [5.41, 5.74) is 5.60. The van der Waals surface area contributed by atoms with E-state index in [1.165, 1.54) is 5.56 Å². The average molecular weight is 497 g/mol. The molecule has 2 aliphatic rings. The summed E-state index contributed by atoms with van der Waals surface area (Å²) in [5, 5.41) is 9.30. The number of benzene rings is 3. The summed E-state index contributed by atoms with van der Waals surface area (Å²) in [5.74, 6) is -0.360. The van der Waals surface area contributed by atoms with Crippen LogP contribution in [0.5, 0.6) is 0 Å². The van der Waals surface area contributed by atoms with Crippen molar-refractivity contribution in [3.8, 4) is 0 Å². The number of carbonyl (C=O) groups is 2. The molecule has 2 heterocycles. The van der Waals surface area contributed by atoms with Crippen molar-refractivity contribution in [2.45, 2.75) is 25.9 Å². The van der Waals surface area contributed by atoms with Gasteiger partial charge in [-0.1, -0.05) is 49.4 Å². The number of rotatable bonds is 8. The van der Waals surface area contributed by atoms with Crippen LogP contribution in [0.1, 0.15) is 46.4 Å². The molecule has 3 aromatic rings. The van der Waals surface area contributed by atoms with Crippen molar-refractivity contribution < 1.29 is 14.3 Å². The Hall–Kier alpha value is -3.94. The number of carbonyl (C=O) groups excluding carboxylic acids is 2. The zero-order valence-corrected chi connectivity index (χ0v) is 21.0. The average Bonchev–Trinajstić information content (AvgIpc) is 3.25. The molecule has 7 nitrogen and oxygen atoms in total. The van der Waals surface area contributed by atoms with Gasteiger partial charge in [0.2, 0.25) is 0 Å². The van der Waals surface area contributed by atoms with Gasteiger partial charge in [-0.25, -0.2) is 0 Å². The SMILES string of the molecule is CC[C@@H](NC(=O)c1ccc2c(c1)/C(=C/Nc1cccc(CN3CCOCC3)c1)C(=O)N2)c1ccccc1. The quantitative estimate of drug-likeness (QED) is 0.390. The molecule has 5 rings (SSSR count). The van der Waals surface area contributed by atoms with Crippen LogP contribution in [0.25, 0.3) is 5.57 Å². The van der Waals surface area contributed by atoms with E-state index < -0.39 is 0 Å². The van der Waals surface area contributed by atoms with Crippen molar-refractivity contribution in [1.82, 2.24) is 10.2 Å². The number of morpholine rings is 1. The number of hydrogen-bond acceptors (Lipinski definition) is 5. The van der Waals surface area contributed by atoms with Gasteiger partial charge in [0, 0.05) is 48.3 Å². The zero-order valence-electron chi connectivity index (χ0n) is 21.0. The first-order chi connectivity index (χ1) is 18.1. The molecular weight excluding hydrogens is 464 g/mol. The van der Waals surface area contributed by atoms with Gasteiger partial charge in [0.1, 0.15) is 0 Å². The van der Waals surface area contributed by atoms with E-state index in [1.54, 1.807) is 24.4 Å². The van der Waals surface area contributed by atoms with E-state index in [-0.39, 0.29) is 17.9 Å². The third-order valence-electron chi connectivity index (χ3n) is 6.80. The lowest BCUT2D eigenvalue weighted by Gasteiger charge is -2.26. The maximum atomic E-state index is 13.1. The van der Waals surface area contributed by atoms with Crippen molar-refractivity contribution in [2.75, 3.05) is 36.9 Å². The molecule has 2 amide bonds. The first kappa shape index (κ1) is 24.7. The molecule has 190 valence electrons. The van der Waals surface area contributed by atoms with E-state index >= 15 is 0 Å². The molecule has 0 bridgehead atoms. The lowest BCUT2D eigenvalue weighted by atomic mass is 10.0. The lowest BCUT2D eigenvalue weighted by molar-refractivity contribution is -0.110. The topological polar surface area (TPSA) is 82.7 Å². The molecular formula is C30H32N4O3. The number of ether oxygens (including phenoxy) is 1. The Labute approximate surface area is 217 Å². The molecule has 0 aromatic heterocycles. The normalized spacial score (nSPS) is 17.2. The van der Waals surface area contributed by atoms with E-state index in [0.717, 1.165) is 50.5 Å². The van der Waals surface area contributed by atoms with E-state index in [0.29, 0.717) is 22.4 Å². The number of fused-ring (bicyclic) bond motifs is 1. The number of hydrogen-bond donors (Lipinski definition) is 3. The largest absolute Gasteiger partial charge is 0.379 e. The molecule has 1 atom stereocenters. The van der Waals surface area contributed by atoms with Crippen LogP contribution in [0.3, 0.4) is 0 Å². The second kappa shape index (κ2) is 11.4. The maximum absolute atomic E-state index is 13.1. The minimum absolute atomic E-state index is 0.0804. The Morgan fingerprint density at radius 2 is 1.86 bits per heavy atom. The summed E-state index contributed by atoms with van der Waals surface area (Å²) in [6.07, 6.45) is 2.50. The highest BCUT2D eigenvalue weighted by atomic mass is 16.5. The Bertz CT molecular complexity index is 1300. The molecule has 0 unspecified atom stereocenters. The first-order valence-electron chi connectivity index (χ1n) is 12.8. The first-order valence-corrected chi connectivity index (χ1v) is 12.8. The van der Waals surface area contributed by atoms with Crippen molar-refractivity contribution in [3.63, 3.8) is 0 Å². The maximum Gasteiger partial charge on any atom is 0.257 e. The predicted molar refractivity (Wildman–Crippen MR) is 146 cm³/mol. The van der Waals surface area contributed by atoms with E-state index in [9.17, 15) is 9.59 Å². The number of nitrogens with zero attached hydrogens (tertiary/aromatic N) is 1. The predicted octanol–water partition coefficient (Wildman–Crippen LogP) is 4.81. The smallest absolute Gasteiger partial charge is 0.257 e. The van der Waals surface area contributed by atoms with E-state index in [2.05, 4.69) is 33.0 Å². The van der Waals surface area contributed by atoms with Crippen molar-refractivity contribution in [1.29, 1.82) is 0 Å². The molecule has 7 heteroatoms. The van der Waals surface area contributed by atoms with Gasteiger partial charge >= 0.3 is 0 Å². The van der Waals surface area contributed by atoms with Crippen LogP contribution in [-0.2, 0) is 16.1 Å². The molecule has 0 saturated carbocycles. The fraction of sp³-hybridized carbons (Fsp3) is 0.267. The summed E-state index contributed by atoms with van der Waals surface area (Å²) < 4.78 is 5.44. The van der Waals surface area contributed by atoms with Gasteiger partial charge in [-0.05, 0) is 47.9 Å². The number of amides is 2. The molecule has 3 aromatic carbocycles. The molecule has 0 aliphatic carbocycles. The Morgan fingerprint density at radius 1 is 1.05 bits per heavy atom. The summed E-state index contributed by atoms with van der Waals surface area (Å²) in [6.45, 7) is 6.30. The second-order valence-electron chi connectivity index (χ2n) is 9.35. The van der Waals surface area contributed by atoms with Gasteiger partial charge in [-0.15, -0.1) is 0 Å². The number of anilines is 2. The lowest BCUT2D eigenvalue weighted by Crippen LogP contribution is -2.35. The highest BCUT2D eigenvalue weighted by Crippen LogP contribution is 2.33. The van der Waals surface area contributed by atoms with E-state index in [1.807, 2.05) is 49.4 Å². The van der Waals surface area contributed by atoms with Crippen molar-refractivity contribution in [2.24, 2.45) is 0 Å². The standard InChI is InChI=1S/C30H32N4O3/c1-2-27(22-8-4-3-5-9-22)32-29(35)23-11-12-28-25(18-23)26(30(36)33-28)19-31-24-10-6-7-21(17-24)20-34-13-15-37-16-14-34/h3-12,17-19,27,31H,2,13-16,20H2,1H3,(H,32,35)(H,33,36)/b26-19-/t27-/m1/s1. The molecule has 2 aliphatic heterocycles. The fourth-order valence-corrected chi connectivity index (χ4v) is 4.75. The monoisotopic (exact) mass is 496 g/mol. The second-order valence-corrected chi connectivity index (χ2v) is 9.35. The van der Waals surface area contributed by atoms with Crippen LogP contribution >= 0.6 is 0 Å². The fourth-order valence-electron chi connectivity index (χ4n) is 4.75. The Balaban J connectivity index is 1.30. The van der Waals surface area contributed by atoms with Crippen LogP contribution < -0.4 is 16.0 Å². The highest BCUT2D eigenvalue weighted by Gasteiger charge is 2.26. The van der Waals surface area contributed by atoms with E-state index in [4.69, 9.17) is 4.74 Å². The van der Waals surface area contributed by atoms with Crippen LogP contribution in [0.2, 0.25) is 0 Å². The van der Waals surface area contributed by atoms with Crippen LogP contribution in [0.4, 0.5) is 11.4 Å². The minimum atomic E-state index is -0.194. The van der Waals surface area contributed by atoms with Crippen LogP contribution in [0.15, 0.2) is 79.0 Å². The molecule has 37 heavy (non-hydrogen) atoms. The molecule has 1 fully saturated rings. The molecule has 0 radical (unpaired) electrons. The molecule has 0 spiro atoms. The van der Waals surface area contributed by atoms with Gasteiger partial charge in [0.25, 0.3) is 11.8 Å². The summed E-state index contributed by atoms with van der Waals surface area (Å²) in [7, 11) is 0. The van der Waals surface area contributed by atoms with Crippen LogP contribution in [-0.4, -0.2) is 43.0 Å². The summed E-state index contributed by atoms with van der Waals surface area (Å²) in [6, 6.07) is 23.4. The van der Waals surface area contributed by atoms with Crippen LogP contribution in [0, 0.1) is 0 Å².